The third-order valence-corrected chi connectivity index (χ3v) is 0.428. The topological polar surface area (TPSA) is 9.23 Å². The van der Waals surface area contributed by atoms with E-state index in [2.05, 4.69) is 13.8 Å². The summed E-state index contributed by atoms with van der Waals surface area (Å²) in [5, 5.41) is 0. The number of ether oxygens (including phenoxy) is 1. The fourth-order valence-electron chi connectivity index (χ4n) is 0.204. The minimum atomic E-state index is 0.705. The molecule has 0 aliphatic carbocycles. The lowest BCUT2D eigenvalue weighted by atomic mass is 10.5. The van der Waals surface area contributed by atoms with Crippen LogP contribution < -0.4 is 0 Å². The van der Waals surface area contributed by atoms with Crippen LogP contribution in [0.5, 0.6) is 0 Å². The second-order valence-corrected chi connectivity index (χ2v) is 1.05. The average Bonchev–Trinajstić information content (AvgIpc) is 1.69. The van der Waals surface area contributed by atoms with Crippen molar-refractivity contribution in [2.45, 2.75) is 12.8 Å². The third-order valence-electron chi connectivity index (χ3n) is 0.428. The van der Waals surface area contributed by atoms with Gasteiger partial charge >= 0.3 is 0 Å². The van der Waals surface area contributed by atoms with Gasteiger partial charge in [0, 0.05) is 0 Å². The van der Waals surface area contributed by atoms with Gasteiger partial charge in [-0.3, -0.25) is 0 Å². The predicted octanol–water partition coefficient (Wildman–Crippen LogP) is 1.77. The molecule has 0 heterocycles. The summed E-state index contributed by atoms with van der Waals surface area (Å²) in [5.74, 6) is 0. The Kier molecular flexibility index (Phi) is 5.93. The van der Waals surface area contributed by atoms with Crippen molar-refractivity contribution in [3.63, 3.8) is 0 Å². The SMILES string of the molecule is [CH2]C[CH]O[CH]C[CH2]. The van der Waals surface area contributed by atoms with Crippen LogP contribution in [0, 0.1) is 27.1 Å². The van der Waals surface area contributed by atoms with E-state index in [9.17, 15) is 0 Å². The Bertz CT molecular complexity index is 23.4. The van der Waals surface area contributed by atoms with Crippen molar-refractivity contribution in [3.8, 4) is 0 Å². The van der Waals surface area contributed by atoms with E-state index < -0.39 is 0 Å². The normalized spacial score (nSPS) is 9.43. The highest BCUT2D eigenvalue weighted by Gasteiger charge is 1.80. The second-order valence-electron chi connectivity index (χ2n) is 1.05. The van der Waals surface area contributed by atoms with Crippen LogP contribution in [0.25, 0.3) is 0 Å². The molecule has 0 aromatic carbocycles. The van der Waals surface area contributed by atoms with Gasteiger partial charge in [0.2, 0.25) is 0 Å². The van der Waals surface area contributed by atoms with E-state index >= 15 is 0 Å². The molecule has 0 saturated heterocycles. The van der Waals surface area contributed by atoms with Crippen molar-refractivity contribution >= 4 is 0 Å². The number of rotatable bonds is 4. The highest BCUT2D eigenvalue weighted by molar-refractivity contribution is 4.58. The molecule has 0 rings (SSSR count). The molecule has 1 nitrogen and oxygen atoms in total. The summed E-state index contributed by atoms with van der Waals surface area (Å²) >= 11 is 0. The molecule has 4 radical (unpaired) electrons. The Morgan fingerprint density at radius 1 is 1.14 bits per heavy atom. The van der Waals surface area contributed by atoms with E-state index in [1.165, 1.54) is 0 Å². The average molecular weight is 98.1 g/mol. The van der Waals surface area contributed by atoms with Gasteiger partial charge in [-0.2, -0.15) is 0 Å². The fourth-order valence-corrected chi connectivity index (χ4v) is 0.204. The number of hydrogen-bond acceptors (Lipinski definition) is 1. The Morgan fingerprint density at radius 3 is 1.86 bits per heavy atom. The zero-order chi connectivity index (χ0) is 5.54. The lowest BCUT2D eigenvalue weighted by Gasteiger charge is -1.93. The first kappa shape index (κ1) is 6.96. The van der Waals surface area contributed by atoms with E-state index in [0.29, 0.717) is 12.8 Å². The van der Waals surface area contributed by atoms with Gasteiger partial charge in [-0.15, -0.1) is 0 Å². The van der Waals surface area contributed by atoms with Crippen LogP contribution in [-0.4, -0.2) is 0 Å². The van der Waals surface area contributed by atoms with E-state index in [1.54, 1.807) is 13.2 Å². The van der Waals surface area contributed by atoms with E-state index in [0.717, 1.165) is 0 Å². The molecule has 0 bridgehead atoms. The first-order valence-electron chi connectivity index (χ1n) is 2.29. The Labute approximate surface area is 45.7 Å². The van der Waals surface area contributed by atoms with Gasteiger partial charge < -0.3 is 4.74 Å². The lowest BCUT2D eigenvalue weighted by molar-refractivity contribution is 0.269. The van der Waals surface area contributed by atoms with Crippen molar-refractivity contribution in [2.24, 2.45) is 0 Å². The molecule has 0 spiro atoms. The van der Waals surface area contributed by atoms with Gasteiger partial charge in [0.1, 0.15) is 0 Å². The second kappa shape index (κ2) is 5.96. The molecule has 1 heteroatoms. The molecule has 0 amide bonds. The third kappa shape index (κ3) is 5.96. The minimum Gasteiger partial charge on any atom is -0.370 e. The first-order valence-corrected chi connectivity index (χ1v) is 2.29. The van der Waals surface area contributed by atoms with Crippen LogP contribution in [0.4, 0.5) is 0 Å². The van der Waals surface area contributed by atoms with Crippen LogP contribution >= 0.6 is 0 Å². The quantitative estimate of drug-likeness (QED) is 0.487. The van der Waals surface area contributed by atoms with Crippen molar-refractivity contribution in [1.29, 1.82) is 0 Å². The molecule has 0 aromatic heterocycles. The summed E-state index contributed by atoms with van der Waals surface area (Å²) in [6.07, 6.45) is 1.41. The summed E-state index contributed by atoms with van der Waals surface area (Å²) in [5.41, 5.74) is 0. The van der Waals surface area contributed by atoms with Crippen molar-refractivity contribution in [3.05, 3.63) is 27.1 Å². The van der Waals surface area contributed by atoms with Crippen LogP contribution in [0.15, 0.2) is 0 Å². The molecule has 0 unspecified atom stereocenters. The Morgan fingerprint density at radius 2 is 1.57 bits per heavy atom. The van der Waals surface area contributed by atoms with Gasteiger partial charge in [0.05, 0.1) is 13.2 Å². The van der Waals surface area contributed by atoms with Crippen LogP contribution in [0.3, 0.4) is 0 Å². The zero-order valence-corrected chi connectivity index (χ0v) is 4.39. The highest BCUT2D eigenvalue weighted by atomic mass is 16.5. The lowest BCUT2D eigenvalue weighted by Crippen LogP contribution is -1.79. The molecule has 40 valence electrons. The Hall–Kier alpha value is -0.0400. The zero-order valence-electron chi connectivity index (χ0n) is 4.39. The maximum absolute atomic E-state index is 4.76. The molecular formula is C6H10O. The summed E-state index contributed by atoms with van der Waals surface area (Å²) in [7, 11) is 0. The molecule has 0 aliphatic heterocycles. The molecule has 0 N–H and O–H groups in total. The molecular weight excluding hydrogens is 88.1 g/mol. The number of hydrogen-bond donors (Lipinski definition) is 0. The molecule has 0 fully saturated rings. The molecule has 0 saturated carbocycles. The monoisotopic (exact) mass is 98.1 g/mol. The first-order chi connectivity index (χ1) is 3.41. The van der Waals surface area contributed by atoms with Gasteiger partial charge in [-0.1, -0.05) is 13.8 Å². The summed E-state index contributed by atoms with van der Waals surface area (Å²) in [6.45, 7) is 10.3. The minimum absolute atomic E-state index is 0.705. The molecule has 0 atom stereocenters. The van der Waals surface area contributed by atoms with Gasteiger partial charge in [0.25, 0.3) is 0 Å². The summed E-state index contributed by atoms with van der Waals surface area (Å²) < 4.78 is 4.76. The smallest absolute Gasteiger partial charge is 0.0841 e. The predicted molar refractivity (Wildman–Crippen MR) is 29.6 cm³/mol. The van der Waals surface area contributed by atoms with Crippen LogP contribution in [-0.2, 0) is 4.74 Å². The Balaban J connectivity index is 2.45. The summed E-state index contributed by atoms with van der Waals surface area (Å²) in [4.78, 5) is 0. The van der Waals surface area contributed by atoms with Gasteiger partial charge in [-0.05, 0) is 12.8 Å². The highest BCUT2D eigenvalue weighted by Crippen LogP contribution is 1.91. The molecule has 7 heavy (non-hydrogen) atoms. The standard InChI is InChI=1S/C6H10O/c1-3-5-7-6-4-2/h5-6H,1-4H2. The fraction of sp³-hybridized carbons (Fsp3) is 0.333. The van der Waals surface area contributed by atoms with Crippen LogP contribution in [0.1, 0.15) is 12.8 Å². The molecule has 0 aromatic rings. The molecule has 0 aliphatic rings. The maximum Gasteiger partial charge on any atom is 0.0841 e. The van der Waals surface area contributed by atoms with Crippen LogP contribution in [0.2, 0.25) is 0 Å². The van der Waals surface area contributed by atoms with Gasteiger partial charge in [-0.25, -0.2) is 0 Å². The van der Waals surface area contributed by atoms with E-state index in [4.69, 9.17) is 4.74 Å². The largest absolute Gasteiger partial charge is 0.370 e. The van der Waals surface area contributed by atoms with Crippen molar-refractivity contribution in [1.82, 2.24) is 0 Å². The van der Waals surface area contributed by atoms with E-state index in [1.807, 2.05) is 0 Å². The van der Waals surface area contributed by atoms with Crippen molar-refractivity contribution in [2.75, 3.05) is 0 Å². The van der Waals surface area contributed by atoms with Gasteiger partial charge in [0.15, 0.2) is 0 Å². The maximum atomic E-state index is 4.76. The summed E-state index contributed by atoms with van der Waals surface area (Å²) in [6, 6.07) is 0. The van der Waals surface area contributed by atoms with E-state index in [-0.39, 0.29) is 0 Å². The van der Waals surface area contributed by atoms with Crippen molar-refractivity contribution < 1.29 is 4.74 Å².